The Hall–Kier alpha value is -2.03. The third-order valence-electron chi connectivity index (χ3n) is 3.78. The lowest BCUT2D eigenvalue weighted by molar-refractivity contribution is -0.107. The van der Waals surface area contributed by atoms with Gasteiger partial charge in [-0.2, -0.15) is 0 Å². The third-order valence-corrected chi connectivity index (χ3v) is 3.78. The van der Waals surface area contributed by atoms with Crippen LogP contribution in [0.15, 0.2) is 36.4 Å². The Morgan fingerprint density at radius 1 is 0.955 bits per heavy atom. The summed E-state index contributed by atoms with van der Waals surface area (Å²) in [5.41, 5.74) is 2.32. The third kappa shape index (κ3) is 4.00. The van der Waals surface area contributed by atoms with Crippen molar-refractivity contribution in [3.63, 3.8) is 0 Å². The summed E-state index contributed by atoms with van der Waals surface area (Å²) in [5.74, 6) is -1.34. The first kappa shape index (κ1) is 16.3. The average molecular weight is 302 g/mol. The van der Waals surface area contributed by atoms with Gasteiger partial charge in [0.05, 0.1) is 0 Å². The van der Waals surface area contributed by atoms with Gasteiger partial charge < -0.3 is 4.79 Å². The second-order valence-corrected chi connectivity index (χ2v) is 5.44. The number of hydrogen-bond donors (Lipinski definition) is 0. The van der Waals surface area contributed by atoms with E-state index in [0.717, 1.165) is 18.4 Å². The molecule has 0 N–H and O–H groups in total. The molecule has 0 spiro atoms. The van der Waals surface area contributed by atoms with E-state index in [1.165, 1.54) is 30.5 Å². The highest BCUT2D eigenvalue weighted by molar-refractivity contribution is 5.65. The van der Waals surface area contributed by atoms with Crippen LogP contribution in [0.3, 0.4) is 0 Å². The van der Waals surface area contributed by atoms with Gasteiger partial charge in [-0.05, 0) is 41.7 Å². The number of carbonyl (C=O) groups is 1. The predicted octanol–water partition coefficient (Wildman–Crippen LogP) is 5.11. The largest absolute Gasteiger partial charge is 0.303 e. The van der Waals surface area contributed by atoms with Gasteiger partial charge in [0.25, 0.3) is 0 Å². The van der Waals surface area contributed by atoms with Crippen LogP contribution in [0.5, 0.6) is 0 Å². The van der Waals surface area contributed by atoms with Crippen molar-refractivity contribution in [1.82, 2.24) is 0 Å². The molecular formula is C19H20F2O. The SMILES string of the molecule is CCCCCc1ccc(-c2cc(F)c(CC=O)c(F)c2)cc1. The Morgan fingerprint density at radius 3 is 2.14 bits per heavy atom. The second-order valence-electron chi connectivity index (χ2n) is 5.44. The van der Waals surface area contributed by atoms with Crippen LogP contribution in [-0.4, -0.2) is 6.29 Å². The van der Waals surface area contributed by atoms with Crippen LogP contribution < -0.4 is 0 Å². The fraction of sp³-hybridized carbons (Fsp3) is 0.316. The van der Waals surface area contributed by atoms with Crippen molar-refractivity contribution >= 4 is 6.29 Å². The predicted molar refractivity (Wildman–Crippen MR) is 84.8 cm³/mol. The fourth-order valence-electron chi connectivity index (χ4n) is 2.49. The highest BCUT2D eigenvalue weighted by Crippen LogP contribution is 2.25. The molecule has 0 radical (unpaired) electrons. The second kappa shape index (κ2) is 7.83. The quantitative estimate of drug-likeness (QED) is 0.513. The van der Waals surface area contributed by atoms with E-state index in [1.54, 1.807) is 0 Å². The Bertz CT molecular complexity index is 609. The van der Waals surface area contributed by atoms with Crippen molar-refractivity contribution in [2.24, 2.45) is 0 Å². The molecule has 0 saturated heterocycles. The number of rotatable bonds is 7. The van der Waals surface area contributed by atoms with Crippen molar-refractivity contribution in [3.8, 4) is 11.1 Å². The summed E-state index contributed by atoms with van der Waals surface area (Å²) in [7, 11) is 0. The molecule has 22 heavy (non-hydrogen) atoms. The van der Waals surface area contributed by atoms with Crippen molar-refractivity contribution in [2.45, 2.75) is 39.0 Å². The Balaban J connectivity index is 2.19. The lowest BCUT2D eigenvalue weighted by atomic mass is 9.99. The topological polar surface area (TPSA) is 17.1 Å². The van der Waals surface area contributed by atoms with Crippen LogP contribution in [0.25, 0.3) is 11.1 Å². The molecule has 0 unspecified atom stereocenters. The molecule has 3 heteroatoms. The maximum Gasteiger partial charge on any atom is 0.130 e. The van der Waals surface area contributed by atoms with E-state index in [1.807, 2.05) is 24.3 Å². The summed E-state index contributed by atoms with van der Waals surface area (Å²) in [6, 6.07) is 10.3. The van der Waals surface area contributed by atoms with E-state index in [2.05, 4.69) is 6.92 Å². The van der Waals surface area contributed by atoms with E-state index in [0.29, 0.717) is 11.8 Å². The van der Waals surface area contributed by atoms with Gasteiger partial charge in [0.1, 0.15) is 17.9 Å². The van der Waals surface area contributed by atoms with Gasteiger partial charge >= 0.3 is 0 Å². The number of hydrogen-bond acceptors (Lipinski definition) is 1. The molecular weight excluding hydrogens is 282 g/mol. The molecule has 0 aliphatic heterocycles. The minimum atomic E-state index is -0.672. The summed E-state index contributed by atoms with van der Waals surface area (Å²) < 4.78 is 27.7. The van der Waals surface area contributed by atoms with Crippen molar-refractivity contribution in [1.29, 1.82) is 0 Å². The number of carbonyl (C=O) groups excluding carboxylic acids is 1. The number of aryl methyl sites for hydroxylation is 1. The van der Waals surface area contributed by atoms with Crippen LogP contribution in [0, 0.1) is 11.6 Å². The van der Waals surface area contributed by atoms with Crippen molar-refractivity contribution < 1.29 is 13.6 Å². The molecule has 0 amide bonds. The zero-order valence-electron chi connectivity index (χ0n) is 12.7. The molecule has 2 rings (SSSR count). The van der Waals surface area contributed by atoms with Crippen molar-refractivity contribution in [3.05, 3.63) is 59.2 Å². The Morgan fingerprint density at radius 2 is 1.59 bits per heavy atom. The maximum atomic E-state index is 13.9. The molecule has 0 heterocycles. The van der Waals surface area contributed by atoms with Gasteiger partial charge in [0, 0.05) is 12.0 Å². The van der Waals surface area contributed by atoms with E-state index >= 15 is 0 Å². The highest BCUT2D eigenvalue weighted by Gasteiger charge is 2.11. The van der Waals surface area contributed by atoms with Gasteiger partial charge in [-0.15, -0.1) is 0 Å². The Labute approximate surface area is 130 Å². The zero-order valence-corrected chi connectivity index (χ0v) is 12.7. The average Bonchev–Trinajstić information content (AvgIpc) is 2.52. The molecule has 0 atom stereocenters. The van der Waals surface area contributed by atoms with Crippen LogP contribution >= 0.6 is 0 Å². The molecule has 2 aromatic rings. The molecule has 116 valence electrons. The number of benzene rings is 2. The minimum absolute atomic E-state index is 0.171. The normalized spacial score (nSPS) is 10.7. The number of unbranched alkanes of at least 4 members (excludes halogenated alkanes) is 2. The van der Waals surface area contributed by atoms with Crippen LogP contribution in [0.1, 0.15) is 37.3 Å². The maximum absolute atomic E-state index is 13.9. The van der Waals surface area contributed by atoms with E-state index < -0.39 is 11.6 Å². The lowest BCUT2D eigenvalue weighted by Crippen LogP contribution is -1.98. The van der Waals surface area contributed by atoms with Crippen LogP contribution in [0.4, 0.5) is 8.78 Å². The van der Waals surface area contributed by atoms with Gasteiger partial charge in [0.15, 0.2) is 0 Å². The summed E-state index contributed by atoms with van der Waals surface area (Å²) in [6.45, 7) is 2.17. The smallest absolute Gasteiger partial charge is 0.130 e. The molecule has 2 aromatic carbocycles. The highest BCUT2D eigenvalue weighted by atomic mass is 19.1. The monoisotopic (exact) mass is 302 g/mol. The number of halogens is 2. The molecule has 1 nitrogen and oxygen atoms in total. The van der Waals surface area contributed by atoms with Gasteiger partial charge in [0.2, 0.25) is 0 Å². The first-order valence-electron chi connectivity index (χ1n) is 7.66. The zero-order chi connectivity index (χ0) is 15.9. The summed E-state index contributed by atoms with van der Waals surface area (Å²) in [6.07, 6.45) is 4.83. The molecule has 0 aliphatic carbocycles. The van der Waals surface area contributed by atoms with Crippen molar-refractivity contribution in [2.75, 3.05) is 0 Å². The van der Waals surface area contributed by atoms with Crippen LogP contribution in [0.2, 0.25) is 0 Å². The standard InChI is InChI=1S/C19H20F2O/c1-2-3-4-5-14-6-8-15(9-7-14)16-12-18(20)17(10-11-22)19(21)13-16/h6-9,11-13H,2-5,10H2,1H3. The van der Waals surface area contributed by atoms with Gasteiger partial charge in [-0.25, -0.2) is 8.78 Å². The molecule has 0 fully saturated rings. The molecule has 0 saturated carbocycles. The first-order valence-corrected chi connectivity index (χ1v) is 7.66. The minimum Gasteiger partial charge on any atom is -0.303 e. The molecule has 0 aromatic heterocycles. The fourth-order valence-corrected chi connectivity index (χ4v) is 2.49. The van der Waals surface area contributed by atoms with Gasteiger partial charge in [-0.1, -0.05) is 44.0 Å². The Kier molecular flexibility index (Phi) is 5.82. The molecule has 0 aliphatic rings. The summed E-state index contributed by atoms with van der Waals surface area (Å²) in [5, 5.41) is 0. The number of aldehydes is 1. The lowest BCUT2D eigenvalue weighted by Gasteiger charge is -2.08. The van der Waals surface area contributed by atoms with E-state index in [9.17, 15) is 13.6 Å². The first-order chi connectivity index (χ1) is 10.7. The molecule has 0 bridgehead atoms. The van der Waals surface area contributed by atoms with Gasteiger partial charge in [-0.3, -0.25) is 0 Å². The summed E-state index contributed by atoms with van der Waals surface area (Å²) in [4.78, 5) is 10.4. The van der Waals surface area contributed by atoms with Crippen LogP contribution in [-0.2, 0) is 17.6 Å². The summed E-state index contributed by atoms with van der Waals surface area (Å²) >= 11 is 0. The van der Waals surface area contributed by atoms with E-state index in [4.69, 9.17) is 0 Å². The van der Waals surface area contributed by atoms with E-state index in [-0.39, 0.29) is 12.0 Å².